The van der Waals surface area contributed by atoms with Gasteiger partial charge < -0.3 is 9.47 Å². The van der Waals surface area contributed by atoms with E-state index in [-0.39, 0.29) is 12.3 Å². The number of hydrazone groups is 1. The summed E-state index contributed by atoms with van der Waals surface area (Å²) in [4.78, 5) is 0. The second-order valence-corrected chi connectivity index (χ2v) is 9.42. The van der Waals surface area contributed by atoms with Crippen molar-refractivity contribution in [1.29, 1.82) is 0 Å². The number of ether oxygens (including phenoxy) is 2. The van der Waals surface area contributed by atoms with Crippen LogP contribution in [0.3, 0.4) is 0 Å². The Bertz CT molecular complexity index is 1320. The molecule has 4 aromatic carbocycles. The molecule has 168 valence electrons. The molecule has 0 fully saturated rings. The van der Waals surface area contributed by atoms with Crippen molar-refractivity contribution in [1.82, 2.24) is 5.01 Å². The van der Waals surface area contributed by atoms with Gasteiger partial charge in [-0.3, -0.25) is 0 Å². The number of hydrogen-bond donors (Lipinski definition) is 0. The molecule has 0 aliphatic carbocycles. The first-order valence-electron chi connectivity index (χ1n) is 11.4. The number of rotatable bonds is 5. The summed E-state index contributed by atoms with van der Waals surface area (Å²) in [6, 6.07) is 35.1. The standard InChI is InChI=1S/C29H23BrN2O2/c30-23-13-16-28-25(17-23)27-18-26(21-9-5-2-6-10-21)31-32(27)29(34-28)22-11-14-24(15-12-22)33-19-20-7-3-1-4-8-20/h1-17,27,29H,18-19H2. The van der Waals surface area contributed by atoms with Crippen molar-refractivity contribution in [3.63, 3.8) is 0 Å². The highest BCUT2D eigenvalue weighted by molar-refractivity contribution is 9.10. The molecule has 0 saturated heterocycles. The van der Waals surface area contributed by atoms with E-state index >= 15 is 0 Å². The Kier molecular flexibility index (Phi) is 5.55. The number of nitrogens with zero attached hydrogens (tertiary/aromatic N) is 2. The number of halogens is 1. The minimum Gasteiger partial charge on any atom is -0.489 e. The summed E-state index contributed by atoms with van der Waals surface area (Å²) in [5.41, 5.74) is 5.58. The maximum Gasteiger partial charge on any atom is 0.213 e. The Hall–Kier alpha value is -3.57. The van der Waals surface area contributed by atoms with Gasteiger partial charge in [-0.15, -0.1) is 0 Å². The first kappa shape index (κ1) is 21.0. The summed E-state index contributed by atoms with van der Waals surface area (Å²) in [6.45, 7) is 0.543. The smallest absolute Gasteiger partial charge is 0.213 e. The third-order valence-corrected chi connectivity index (χ3v) is 6.77. The Morgan fingerprint density at radius 2 is 1.62 bits per heavy atom. The predicted octanol–water partition coefficient (Wildman–Crippen LogP) is 7.27. The van der Waals surface area contributed by atoms with Crippen molar-refractivity contribution in [2.45, 2.75) is 25.3 Å². The summed E-state index contributed by atoms with van der Waals surface area (Å²) in [5, 5.41) is 7.15. The predicted molar refractivity (Wildman–Crippen MR) is 137 cm³/mol. The van der Waals surface area contributed by atoms with E-state index in [0.717, 1.165) is 50.4 Å². The van der Waals surface area contributed by atoms with Gasteiger partial charge in [-0.1, -0.05) is 76.6 Å². The zero-order valence-electron chi connectivity index (χ0n) is 18.5. The molecule has 4 aromatic rings. The van der Waals surface area contributed by atoms with Crippen molar-refractivity contribution in [3.05, 3.63) is 130 Å². The molecule has 0 saturated carbocycles. The monoisotopic (exact) mass is 510 g/mol. The van der Waals surface area contributed by atoms with Gasteiger partial charge in [0.1, 0.15) is 18.1 Å². The van der Waals surface area contributed by atoms with Gasteiger partial charge in [-0.25, -0.2) is 5.01 Å². The molecule has 2 aliphatic rings. The van der Waals surface area contributed by atoms with Gasteiger partial charge in [0.05, 0.1) is 11.8 Å². The van der Waals surface area contributed by atoms with Crippen molar-refractivity contribution in [2.75, 3.05) is 0 Å². The molecular weight excluding hydrogens is 488 g/mol. The molecule has 2 atom stereocenters. The van der Waals surface area contributed by atoms with Crippen molar-refractivity contribution >= 4 is 21.6 Å². The molecule has 0 aromatic heterocycles. The fourth-order valence-corrected chi connectivity index (χ4v) is 4.93. The maximum atomic E-state index is 6.50. The third-order valence-electron chi connectivity index (χ3n) is 6.27. The van der Waals surface area contributed by atoms with Crippen LogP contribution in [0.4, 0.5) is 0 Å². The lowest BCUT2D eigenvalue weighted by Crippen LogP contribution is -2.33. The molecule has 34 heavy (non-hydrogen) atoms. The molecule has 0 amide bonds. The van der Waals surface area contributed by atoms with Gasteiger partial charge >= 0.3 is 0 Å². The van der Waals surface area contributed by atoms with Gasteiger partial charge in [-0.2, -0.15) is 5.10 Å². The molecule has 0 bridgehead atoms. The van der Waals surface area contributed by atoms with Crippen molar-refractivity contribution in [3.8, 4) is 11.5 Å². The van der Waals surface area contributed by atoms with Crippen LogP contribution in [-0.2, 0) is 6.61 Å². The second-order valence-electron chi connectivity index (χ2n) is 8.51. The molecule has 0 spiro atoms. The van der Waals surface area contributed by atoms with Crippen LogP contribution < -0.4 is 9.47 Å². The van der Waals surface area contributed by atoms with Crippen LogP contribution in [0.5, 0.6) is 11.5 Å². The average molecular weight is 511 g/mol. The lowest BCUT2D eigenvalue weighted by atomic mass is 9.96. The summed E-state index contributed by atoms with van der Waals surface area (Å²) in [5.74, 6) is 1.74. The fraction of sp³-hybridized carbons (Fsp3) is 0.138. The van der Waals surface area contributed by atoms with Crippen LogP contribution >= 0.6 is 15.9 Å². The van der Waals surface area contributed by atoms with Gasteiger partial charge in [0.25, 0.3) is 0 Å². The van der Waals surface area contributed by atoms with Crippen LogP contribution in [0.15, 0.2) is 113 Å². The van der Waals surface area contributed by atoms with E-state index in [1.807, 2.05) is 48.5 Å². The van der Waals surface area contributed by atoms with Gasteiger partial charge in [0.15, 0.2) is 0 Å². The molecule has 2 unspecified atom stereocenters. The molecule has 5 heteroatoms. The van der Waals surface area contributed by atoms with E-state index in [1.165, 1.54) is 0 Å². The quantitative estimate of drug-likeness (QED) is 0.283. The summed E-state index contributed by atoms with van der Waals surface area (Å²) < 4.78 is 13.5. The molecule has 4 nitrogen and oxygen atoms in total. The summed E-state index contributed by atoms with van der Waals surface area (Å²) >= 11 is 3.62. The highest BCUT2D eigenvalue weighted by atomic mass is 79.9. The lowest BCUT2D eigenvalue weighted by molar-refractivity contribution is -0.0191. The van der Waals surface area contributed by atoms with Crippen LogP contribution in [0.2, 0.25) is 0 Å². The number of benzene rings is 4. The minimum atomic E-state index is -0.303. The maximum absolute atomic E-state index is 6.50. The van der Waals surface area contributed by atoms with E-state index in [0.29, 0.717) is 6.61 Å². The number of hydrogen-bond acceptors (Lipinski definition) is 4. The Balaban J connectivity index is 1.29. The Morgan fingerprint density at radius 1 is 0.882 bits per heavy atom. The highest BCUT2D eigenvalue weighted by Crippen LogP contribution is 2.48. The largest absolute Gasteiger partial charge is 0.489 e. The third kappa shape index (κ3) is 4.08. The van der Waals surface area contributed by atoms with E-state index in [2.05, 4.69) is 75.5 Å². The molecule has 2 heterocycles. The van der Waals surface area contributed by atoms with Gasteiger partial charge in [0, 0.05) is 22.0 Å². The lowest BCUT2D eigenvalue weighted by Gasteiger charge is -2.38. The zero-order valence-corrected chi connectivity index (χ0v) is 20.1. The molecule has 6 rings (SSSR count). The van der Waals surface area contributed by atoms with Crippen molar-refractivity contribution < 1.29 is 9.47 Å². The summed E-state index contributed by atoms with van der Waals surface area (Å²) in [6.07, 6.45) is 0.536. The van der Waals surface area contributed by atoms with Crippen LogP contribution in [0.25, 0.3) is 0 Å². The average Bonchev–Trinajstić information content (AvgIpc) is 3.35. The van der Waals surface area contributed by atoms with Crippen LogP contribution in [0.1, 0.15) is 40.9 Å². The first-order valence-corrected chi connectivity index (χ1v) is 12.2. The van der Waals surface area contributed by atoms with Gasteiger partial charge in [-0.05, 0) is 53.6 Å². The summed E-state index contributed by atoms with van der Waals surface area (Å²) in [7, 11) is 0. The van der Waals surface area contributed by atoms with E-state index in [4.69, 9.17) is 14.6 Å². The second kappa shape index (κ2) is 8.99. The number of fused-ring (bicyclic) bond motifs is 3. The topological polar surface area (TPSA) is 34.1 Å². The van der Waals surface area contributed by atoms with Crippen LogP contribution in [-0.4, -0.2) is 10.7 Å². The highest BCUT2D eigenvalue weighted by Gasteiger charge is 2.41. The molecule has 0 N–H and O–H groups in total. The zero-order chi connectivity index (χ0) is 22.9. The Labute approximate surface area is 207 Å². The molecule has 0 radical (unpaired) electrons. The van der Waals surface area contributed by atoms with E-state index in [9.17, 15) is 0 Å². The first-order chi connectivity index (χ1) is 16.7. The van der Waals surface area contributed by atoms with Crippen LogP contribution in [0, 0.1) is 0 Å². The SMILES string of the molecule is Brc1ccc2c(c1)C1CC(c3ccccc3)=NN1C(c1ccc(OCc3ccccc3)cc1)O2. The minimum absolute atomic E-state index is 0.121. The fourth-order valence-electron chi connectivity index (χ4n) is 4.55. The Morgan fingerprint density at radius 3 is 2.38 bits per heavy atom. The van der Waals surface area contributed by atoms with Gasteiger partial charge in [0.2, 0.25) is 6.23 Å². The van der Waals surface area contributed by atoms with Crippen molar-refractivity contribution in [2.24, 2.45) is 5.10 Å². The van der Waals surface area contributed by atoms with E-state index < -0.39 is 0 Å². The normalized spacial score (nSPS) is 18.5. The van der Waals surface area contributed by atoms with E-state index in [1.54, 1.807) is 0 Å². The molecule has 2 aliphatic heterocycles. The molecular formula is C29H23BrN2O2.